The predicted octanol–water partition coefficient (Wildman–Crippen LogP) is 4.48. The molecular weight excluding hydrogens is 533 g/mol. The Morgan fingerprint density at radius 1 is 1.02 bits per heavy atom. The van der Waals surface area contributed by atoms with E-state index in [1.54, 1.807) is 12.1 Å². The number of benzene rings is 1. The Morgan fingerprint density at radius 2 is 1.67 bits per heavy atom. The van der Waals surface area contributed by atoms with E-state index in [2.05, 4.69) is 29.8 Å². The number of carbonyl (C=O) groups excluding carboxylic acids is 3. The molecule has 1 aromatic rings. The van der Waals surface area contributed by atoms with Crippen molar-refractivity contribution in [1.82, 2.24) is 25.8 Å². The minimum Gasteiger partial charge on any atom is -0.351 e. The molecule has 2 heterocycles. The molecule has 3 N–H and O–H groups in total. The Morgan fingerprint density at radius 3 is 2.26 bits per heavy atom. The first-order valence-corrected chi connectivity index (χ1v) is 16.0. The second kappa shape index (κ2) is 13.7. The molecule has 2 atom stereocenters. The van der Waals surface area contributed by atoms with Crippen LogP contribution >= 0.6 is 0 Å². The highest BCUT2D eigenvalue weighted by Gasteiger charge is 2.49. The number of likely N-dealkylation sites (tertiary alicyclic amines) is 1. The SMILES string of the molecule is CC(C)[C@@H]1CNCCN1C(=O)NC(Cc1ccc(F)cc1)C(=O)N1CCC(C(=O)NC(C)(C)C)(C2CCCCC2)CC1. The van der Waals surface area contributed by atoms with E-state index in [0.29, 0.717) is 51.5 Å². The van der Waals surface area contributed by atoms with Crippen LogP contribution in [0.15, 0.2) is 24.3 Å². The van der Waals surface area contributed by atoms with E-state index >= 15 is 0 Å². The molecular formula is C33H52FN5O3. The first-order valence-electron chi connectivity index (χ1n) is 16.0. The van der Waals surface area contributed by atoms with Crippen molar-refractivity contribution in [3.63, 3.8) is 0 Å². The van der Waals surface area contributed by atoms with Crippen molar-refractivity contribution in [3.8, 4) is 0 Å². The van der Waals surface area contributed by atoms with E-state index < -0.39 is 11.5 Å². The lowest BCUT2D eigenvalue weighted by Gasteiger charge is -2.48. The van der Waals surface area contributed by atoms with Gasteiger partial charge >= 0.3 is 6.03 Å². The van der Waals surface area contributed by atoms with Crippen LogP contribution in [0.1, 0.15) is 85.1 Å². The van der Waals surface area contributed by atoms with Gasteiger partial charge in [-0.2, -0.15) is 0 Å². The fourth-order valence-electron chi connectivity index (χ4n) is 7.15. The van der Waals surface area contributed by atoms with Gasteiger partial charge in [0.15, 0.2) is 0 Å². The molecule has 2 aliphatic heterocycles. The maximum atomic E-state index is 14.1. The molecule has 234 valence electrons. The molecule has 0 spiro atoms. The number of piperidine rings is 1. The van der Waals surface area contributed by atoms with Crippen molar-refractivity contribution in [2.75, 3.05) is 32.7 Å². The third kappa shape index (κ3) is 7.82. The van der Waals surface area contributed by atoms with Gasteiger partial charge in [0.2, 0.25) is 11.8 Å². The second-order valence-electron chi connectivity index (χ2n) is 14.1. The summed E-state index contributed by atoms with van der Waals surface area (Å²) in [6.07, 6.45) is 7.13. The number of carbonyl (C=O) groups is 3. The molecule has 8 nitrogen and oxygen atoms in total. The molecule has 9 heteroatoms. The van der Waals surface area contributed by atoms with Gasteiger partial charge in [0.25, 0.3) is 0 Å². The third-order valence-corrected chi connectivity index (χ3v) is 9.56. The number of hydrogen-bond acceptors (Lipinski definition) is 4. The van der Waals surface area contributed by atoms with E-state index in [9.17, 15) is 18.8 Å². The molecule has 1 unspecified atom stereocenters. The first kappa shape index (κ1) is 32.2. The summed E-state index contributed by atoms with van der Waals surface area (Å²) in [6, 6.07) is 5.13. The Balaban J connectivity index is 1.52. The van der Waals surface area contributed by atoms with Gasteiger partial charge in [-0.15, -0.1) is 0 Å². The summed E-state index contributed by atoms with van der Waals surface area (Å²) in [5, 5.41) is 9.70. The number of nitrogens with one attached hydrogen (secondary N) is 3. The van der Waals surface area contributed by atoms with Crippen molar-refractivity contribution in [3.05, 3.63) is 35.6 Å². The molecule has 1 saturated carbocycles. The number of piperazine rings is 1. The van der Waals surface area contributed by atoms with E-state index in [1.807, 2.05) is 30.6 Å². The average Bonchev–Trinajstić information content (AvgIpc) is 2.97. The lowest BCUT2D eigenvalue weighted by atomic mass is 9.63. The van der Waals surface area contributed by atoms with Crippen LogP contribution in [0.25, 0.3) is 0 Å². The highest BCUT2D eigenvalue weighted by Crippen LogP contribution is 2.46. The second-order valence-corrected chi connectivity index (χ2v) is 14.1. The maximum absolute atomic E-state index is 14.1. The number of urea groups is 1. The molecule has 2 saturated heterocycles. The van der Waals surface area contributed by atoms with Crippen molar-refractivity contribution >= 4 is 17.8 Å². The summed E-state index contributed by atoms with van der Waals surface area (Å²) >= 11 is 0. The lowest BCUT2D eigenvalue weighted by molar-refractivity contribution is -0.147. The minimum absolute atomic E-state index is 0.0350. The Labute approximate surface area is 251 Å². The standard InChI is InChI=1S/C33H52FN5O3/c1-23(2)28-22-35-17-20-39(28)31(42)36-27(21-24-11-13-26(34)14-12-24)29(40)38-18-15-33(16-19-38,25-9-7-6-8-10-25)30(41)37-32(3,4)5/h11-14,23,25,27-28,35H,6-10,15-22H2,1-5H3,(H,36,42)(H,37,41)/t27?,28-/m0/s1. The highest BCUT2D eigenvalue weighted by molar-refractivity contribution is 5.88. The van der Waals surface area contributed by atoms with Crippen molar-refractivity contribution < 1.29 is 18.8 Å². The van der Waals surface area contributed by atoms with Gasteiger partial charge in [-0.3, -0.25) is 9.59 Å². The van der Waals surface area contributed by atoms with Crippen molar-refractivity contribution in [1.29, 1.82) is 0 Å². The van der Waals surface area contributed by atoms with Crippen LogP contribution in [0.3, 0.4) is 0 Å². The molecule has 0 bridgehead atoms. The molecule has 3 aliphatic rings. The summed E-state index contributed by atoms with van der Waals surface area (Å²) in [5.41, 5.74) is -0.0200. The molecule has 0 aromatic heterocycles. The monoisotopic (exact) mass is 585 g/mol. The van der Waals surface area contributed by atoms with Crippen LogP contribution in [0.5, 0.6) is 0 Å². The average molecular weight is 586 g/mol. The molecule has 4 rings (SSSR count). The van der Waals surface area contributed by atoms with E-state index in [1.165, 1.54) is 18.6 Å². The number of nitrogens with zero attached hydrogens (tertiary/aromatic N) is 2. The zero-order chi connectivity index (χ0) is 30.5. The normalized spacial score (nSPS) is 22.5. The summed E-state index contributed by atoms with van der Waals surface area (Å²) < 4.78 is 13.6. The van der Waals surface area contributed by atoms with Gasteiger partial charge in [-0.05, 0) is 76.0 Å². The summed E-state index contributed by atoms with van der Waals surface area (Å²) in [7, 11) is 0. The third-order valence-electron chi connectivity index (χ3n) is 9.56. The molecule has 1 aromatic carbocycles. The van der Waals surface area contributed by atoms with Gasteiger partial charge in [-0.1, -0.05) is 45.2 Å². The number of rotatable bonds is 7. The Bertz CT molecular complexity index is 1070. The Hall–Kier alpha value is -2.68. The van der Waals surface area contributed by atoms with Crippen LogP contribution in [-0.2, 0) is 16.0 Å². The molecule has 1 aliphatic carbocycles. The van der Waals surface area contributed by atoms with Gasteiger partial charge in [-0.25, -0.2) is 9.18 Å². The highest BCUT2D eigenvalue weighted by atomic mass is 19.1. The molecule has 0 radical (unpaired) electrons. The lowest BCUT2D eigenvalue weighted by Crippen LogP contribution is -2.62. The number of amides is 4. The zero-order valence-corrected chi connectivity index (χ0v) is 26.3. The van der Waals surface area contributed by atoms with Crippen LogP contribution in [0.2, 0.25) is 0 Å². The zero-order valence-electron chi connectivity index (χ0n) is 26.3. The topological polar surface area (TPSA) is 93.8 Å². The van der Waals surface area contributed by atoms with Crippen LogP contribution in [-0.4, -0.2) is 78.0 Å². The first-order chi connectivity index (χ1) is 19.9. The molecule has 42 heavy (non-hydrogen) atoms. The van der Waals surface area contributed by atoms with Crippen LogP contribution in [0, 0.1) is 23.1 Å². The smallest absolute Gasteiger partial charge is 0.318 e. The van der Waals surface area contributed by atoms with E-state index in [-0.39, 0.29) is 47.6 Å². The Kier molecular flexibility index (Phi) is 10.5. The van der Waals surface area contributed by atoms with Crippen LogP contribution in [0.4, 0.5) is 9.18 Å². The largest absolute Gasteiger partial charge is 0.351 e. The number of halogens is 1. The van der Waals surface area contributed by atoms with Gasteiger partial charge < -0.3 is 25.8 Å². The predicted molar refractivity (Wildman–Crippen MR) is 163 cm³/mol. The fraction of sp³-hybridized carbons (Fsp3) is 0.727. The quantitative estimate of drug-likeness (QED) is 0.440. The fourth-order valence-corrected chi connectivity index (χ4v) is 7.15. The molecule has 4 amide bonds. The molecule has 3 fully saturated rings. The minimum atomic E-state index is -0.781. The van der Waals surface area contributed by atoms with Gasteiger partial charge in [0.05, 0.1) is 5.41 Å². The summed E-state index contributed by atoms with van der Waals surface area (Å²) in [4.78, 5) is 45.2. The van der Waals surface area contributed by atoms with Crippen LogP contribution < -0.4 is 16.0 Å². The van der Waals surface area contributed by atoms with E-state index in [0.717, 1.165) is 31.2 Å². The summed E-state index contributed by atoms with van der Waals surface area (Å²) in [6.45, 7) is 13.2. The van der Waals surface area contributed by atoms with Crippen molar-refractivity contribution in [2.45, 2.75) is 104 Å². The van der Waals surface area contributed by atoms with E-state index in [4.69, 9.17) is 0 Å². The summed E-state index contributed by atoms with van der Waals surface area (Å²) in [5.74, 6) is 0.223. The number of hydrogen-bond donors (Lipinski definition) is 3. The van der Waals surface area contributed by atoms with Gasteiger partial charge in [0.1, 0.15) is 11.9 Å². The van der Waals surface area contributed by atoms with Crippen molar-refractivity contribution in [2.24, 2.45) is 17.3 Å². The van der Waals surface area contributed by atoms with Gasteiger partial charge in [0, 0.05) is 50.7 Å². The maximum Gasteiger partial charge on any atom is 0.318 e.